The molecule has 0 aromatic carbocycles. The van der Waals surface area contributed by atoms with Crippen molar-refractivity contribution >= 4 is 17.7 Å². The van der Waals surface area contributed by atoms with Crippen LogP contribution in [0, 0.1) is 6.92 Å². The molecule has 1 unspecified atom stereocenters. The van der Waals surface area contributed by atoms with Crippen LogP contribution in [0.3, 0.4) is 0 Å². The first-order valence-electron chi connectivity index (χ1n) is 5.84. The topological polar surface area (TPSA) is 55.0 Å². The van der Waals surface area contributed by atoms with Gasteiger partial charge in [0.05, 0.1) is 0 Å². The zero-order valence-corrected chi connectivity index (χ0v) is 11.9. The Morgan fingerprint density at radius 3 is 2.76 bits per heavy atom. The zero-order chi connectivity index (χ0) is 12.8. The Balaban J connectivity index is 2.74. The highest BCUT2D eigenvalue weighted by atomic mass is 32.2. The second-order valence-corrected chi connectivity index (χ2v) is 5.21. The smallest absolute Gasteiger partial charge is 0.225 e. The van der Waals surface area contributed by atoms with Crippen LogP contribution in [0.25, 0.3) is 0 Å². The van der Waals surface area contributed by atoms with E-state index in [9.17, 15) is 0 Å². The second-order valence-electron chi connectivity index (χ2n) is 4.23. The van der Waals surface area contributed by atoms with E-state index in [0.717, 1.165) is 29.4 Å². The van der Waals surface area contributed by atoms with Gasteiger partial charge in [-0.15, -0.1) is 0 Å². The first-order chi connectivity index (χ1) is 8.10. The molecule has 0 saturated heterocycles. The largest absolute Gasteiger partial charge is 0.341 e. The Bertz CT molecular complexity index is 356. The van der Waals surface area contributed by atoms with E-state index >= 15 is 0 Å². The SMILES string of the molecule is CSCCC(C)N(C)c1ncc(CN)c(C)n1. The van der Waals surface area contributed by atoms with Gasteiger partial charge < -0.3 is 10.6 Å². The lowest BCUT2D eigenvalue weighted by Crippen LogP contribution is -2.31. The predicted octanol–water partition coefficient (Wildman–Crippen LogP) is 1.82. The number of aromatic nitrogens is 2. The van der Waals surface area contributed by atoms with E-state index in [1.165, 1.54) is 0 Å². The summed E-state index contributed by atoms with van der Waals surface area (Å²) in [6.45, 7) is 4.68. The Kier molecular flexibility index (Phi) is 5.71. The maximum atomic E-state index is 5.61. The van der Waals surface area contributed by atoms with E-state index < -0.39 is 0 Å². The van der Waals surface area contributed by atoms with Crippen LogP contribution in [-0.4, -0.2) is 35.1 Å². The van der Waals surface area contributed by atoms with Gasteiger partial charge in [-0.05, 0) is 32.3 Å². The minimum absolute atomic E-state index is 0.450. The van der Waals surface area contributed by atoms with Crippen LogP contribution in [0.2, 0.25) is 0 Å². The molecule has 1 heterocycles. The summed E-state index contributed by atoms with van der Waals surface area (Å²) in [6, 6.07) is 0.450. The van der Waals surface area contributed by atoms with Crippen LogP contribution < -0.4 is 10.6 Å². The van der Waals surface area contributed by atoms with Crippen molar-refractivity contribution in [2.75, 3.05) is 24.0 Å². The van der Waals surface area contributed by atoms with E-state index in [4.69, 9.17) is 5.73 Å². The molecule has 1 rings (SSSR count). The van der Waals surface area contributed by atoms with Crippen LogP contribution in [-0.2, 0) is 6.54 Å². The van der Waals surface area contributed by atoms with E-state index in [1.54, 1.807) is 0 Å². The second kappa shape index (κ2) is 6.81. The van der Waals surface area contributed by atoms with Gasteiger partial charge in [0.25, 0.3) is 0 Å². The highest BCUT2D eigenvalue weighted by Crippen LogP contribution is 2.14. The predicted molar refractivity (Wildman–Crippen MR) is 75.5 cm³/mol. The molecule has 1 aromatic heterocycles. The third-order valence-corrected chi connectivity index (χ3v) is 3.65. The molecule has 0 fully saturated rings. The molecule has 0 saturated carbocycles. The molecule has 1 aromatic rings. The molecule has 0 amide bonds. The van der Waals surface area contributed by atoms with Gasteiger partial charge in [-0.2, -0.15) is 11.8 Å². The lowest BCUT2D eigenvalue weighted by molar-refractivity contribution is 0.651. The maximum absolute atomic E-state index is 5.61. The van der Waals surface area contributed by atoms with Crippen LogP contribution in [0.15, 0.2) is 6.20 Å². The van der Waals surface area contributed by atoms with Gasteiger partial charge in [-0.1, -0.05) is 0 Å². The molecule has 17 heavy (non-hydrogen) atoms. The lowest BCUT2D eigenvalue weighted by atomic mass is 10.2. The van der Waals surface area contributed by atoms with Gasteiger partial charge in [-0.3, -0.25) is 0 Å². The van der Waals surface area contributed by atoms with Gasteiger partial charge in [-0.25, -0.2) is 9.97 Å². The van der Waals surface area contributed by atoms with Crippen molar-refractivity contribution in [1.29, 1.82) is 0 Å². The van der Waals surface area contributed by atoms with E-state index in [2.05, 4.69) is 28.0 Å². The van der Waals surface area contributed by atoms with Crippen molar-refractivity contribution in [2.24, 2.45) is 5.73 Å². The van der Waals surface area contributed by atoms with Crippen molar-refractivity contribution in [2.45, 2.75) is 32.9 Å². The van der Waals surface area contributed by atoms with Crippen LogP contribution >= 0.6 is 11.8 Å². The summed E-state index contributed by atoms with van der Waals surface area (Å²) >= 11 is 1.87. The molecular weight excluding hydrogens is 232 g/mol. The summed E-state index contributed by atoms with van der Waals surface area (Å²) in [5, 5.41) is 0. The maximum Gasteiger partial charge on any atom is 0.225 e. The fourth-order valence-electron chi connectivity index (χ4n) is 1.53. The fourth-order valence-corrected chi connectivity index (χ4v) is 2.11. The number of rotatable bonds is 6. The number of nitrogens with zero attached hydrogens (tertiary/aromatic N) is 3. The number of hydrogen-bond donors (Lipinski definition) is 1. The number of thioether (sulfide) groups is 1. The van der Waals surface area contributed by atoms with Gasteiger partial charge in [0, 0.05) is 37.1 Å². The minimum Gasteiger partial charge on any atom is -0.341 e. The summed E-state index contributed by atoms with van der Waals surface area (Å²) in [5.41, 5.74) is 7.59. The Morgan fingerprint density at radius 2 is 2.24 bits per heavy atom. The molecule has 0 aliphatic carbocycles. The number of aryl methyl sites for hydroxylation is 1. The molecule has 96 valence electrons. The summed E-state index contributed by atoms with van der Waals surface area (Å²) in [7, 11) is 2.04. The third kappa shape index (κ3) is 3.85. The lowest BCUT2D eigenvalue weighted by Gasteiger charge is -2.25. The Morgan fingerprint density at radius 1 is 1.53 bits per heavy atom. The van der Waals surface area contributed by atoms with Crippen LogP contribution in [0.1, 0.15) is 24.6 Å². The average Bonchev–Trinajstić information content (AvgIpc) is 2.34. The highest BCUT2D eigenvalue weighted by molar-refractivity contribution is 7.98. The zero-order valence-electron chi connectivity index (χ0n) is 11.1. The van der Waals surface area contributed by atoms with Crippen LogP contribution in [0.4, 0.5) is 5.95 Å². The molecule has 2 N–H and O–H groups in total. The fraction of sp³-hybridized carbons (Fsp3) is 0.667. The molecule has 5 heteroatoms. The first-order valence-corrected chi connectivity index (χ1v) is 7.23. The van der Waals surface area contributed by atoms with Gasteiger partial charge in [0.15, 0.2) is 0 Å². The van der Waals surface area contributed by atoms with Gasteiger partial charge >= 0.3 is 0 Å². The van der Waals surface area contributed by atoms with Crippen molar-refractivity contribution in [3.05, 3.63) is 17.5 Å². The van der Waals surface area contributed by atoms with Crippen molar-refractivity contribution in [3.63, 3.8) is 0 Å². The van der Waals surface area contributed by atoms with Crippen molar-refractivity contribution in [3.8, 4) is 0 Å². The minimum atomic E-state index is 0.450. The summed E-state index contributed by atoms with van der Waals surface area (Å²) in [4.78, 5) is 11.0. The van der Waals surface area contributed by atoms with Crippen molar-refractivity contribution < 1.29 is 0 Å². The van der Waals surface area contributed by atoms with E-state index in [0.29, 0.717) is 12.6 Å². The van der Waals surface area contributed by atoms with Crippen molar-refractivity contribution in [1.82, 2.24) is 9.97 Å². The van der Waals surface area contributed by atoms with Gasteiger partial charge in [0.1, 0.15) is 0 Å². The molecule has 4 nitrogen and oxygen atoms in total. The quantitative estimate of drug-likeness (QED) is 0.839. The molecule has 0 radical (unpaired) electrons. The molecule has 0 bridgehead atoms. The number of nitrogens with two attached hydrogens (primary N) is 1. The normalized spacial score (nSPS) is 12.5. The Hall–Kier alpha value is -0.810. The number of hydrogen-bond acceptors (Lipinski definition) is 5. The Labute approximate surface area is 108 Å². The molecule has 0 aliphatic rings. The third-order valence-electron chi connectivity index (χ3n) is 3.00. The first kappa shape index (κ1) is 14.3. The van der Waals surface area contributed by atoms with Crippen LogP contribution in [0.5, 0.6) is 0 Å². The van der Waals surface area contributed by atoms with E-state index in [1.807, 2.05) is 31.9 Å². The molecule has 1 atom stereocenters. The molecular formula is C12H22N4S. The standard InChI is InChI=1S/C12H22N4S/c1-9(5-6-17-4)16(3)12-14-8-11(7-13)10(2)15-12/h8-9H,5-7,13H2,1-4H3. The molecule has 0 aliphatic heterocycles. The number of anilines is 1. The highest BCUT2D eigenvalue weighted by Gasteiger charge is 2.13. The van der Waals surface area contributed by atoms with Gasteiger partial charge in [0.2, 0.25) is 5.95 Å². The monoisotopic (exact) mass is 254 g/mol. The summed E-state index contributed by atoms with van der Waals surface area (Å²) in [6.07, 6.45) is 5.09. The summed E-state index contributed by atoms with van der Waals surface area (Å²) in [5.74, 6) is 1.94. The van der Waals surface area contributed by atoms with E-state index in [-0.39, 0.29) is 0 Å². The molecule has 0 spiro atoms. The summed E-state index contributed by atoms with van der Waals surface area (Å²) < 4.78 is 0. The average molecular weight is 254 g/mol.